The van der Waals surface area contributed by atoms with Gasteiger partial charge in [0.25, 0.3) is 0 Å². The highest BCUT2D eigenvalue weighted by atomic mass is 15.1. The molecule has 5 heteroatoms. The molecule has 396 valence electrons. The molecule has 84 heavy (non-hydrogen) atoms. The first-order chi connectivity index (χ1) is 41.7. The number of nitrogens with zero attached hydrogens (tertiary/aromatic N) is 5. The third-order valence-electron chi connectivity index (χ3n) is 18.3. The van der Waals surface area contributed by atoms with Crippen LogP contribution in [0, 0.1) is 11.3 Å². The number of benzene rings is 10. The fourth-order valence-electron chi connectivity index (χ4n) is 14.6. The summed E-state index contributed by atoms with van der Waals surface area (Å²) in [5, 5.41) is 18.6. The van der Waals surface area contributed by atoms with Crippen LogP contribution < -0.4 is 0 Å². The molecule has 4 heterocycles. The van der Waals surface area contributed by atoms with Gasteiger partial charge in [0.1, 0.15) is 11.6 Å². The highest BCUT2D eigenvalue weighted by molar-refractivity contribution is 6.13. The van der Waals surface area contributed by atoms with Gasteiger partial charge in [0.05, 0.1) is 50.3 Å². The van der Waals surface area contributed by atoms with E-state index in [1.807, 2.05) is 0 Å². The molecule has 17 rings (SSSR count). The van der Waals surface area contributed by atoms with Crippen molar-refractivity contribution in [3.05, 3.63) is 294 Å². The molecular weight excluding hydrogens is 1020 g/mol. The molecule has 1 unspecified atom stereocenters. The summed E-state index contributed by atoms with van der Waals surface area (Å²) >= 11 is 0. The molecule has 1 atom stereocenters. The maximum absolute atomic E-state index is 12.9. The molecule has 0 saturated carbocycles. The van der Waals surface area contributed by atoms with Crippen molar-refractivity contribution in [1.29, 1.82) is 5.26 Å². The Labute approximate surface area is 487 Å². The molecule has 0 N–H and O–H groups in total. The van der Waals surface area contributed by atoms with Crippen LogP contribution in [0.15, 0.2) is 249 Å². The van der Waals surface area contributed by atoms with Gasteiger partial charge < -0.3 is 18.3 Å². The lowest BCUT2D eigenvalue weighted by Crippen LogP contribution is -2.16. The number of fused-ring (bicyclic) bond motifs is 12. The van der Waals surface area contributed by atoms with Gasteiger partial charge in [0, 0.05) is 49.9 Å². The van der Waals surface area contributed by atoms with E-state index < -0.39 is 0 Å². The van der Waals surface area contributed by atoms with Crippen molar-refractivity contribution in [1.82, 2.24) is 18.3 Å². The Balaban J connectivity index is 1.07. The lowest BCUT2D eigenvalue weighted by atomic mass is 9.86. The van der Waals surface area contributed by atoms with E-state index in [1.165, 1.54) is 38.8 Å². The van der Waals surface area contributed by atoms with Crippen molar-refractivity contribution in [3.63, 3.8) is 0 Å². The van der Waals surface area contributed by atoms with E-state index in [0.717, 1.165) is 143 Å². The molecule has 0 spiro atoms. The second-order valence-corrected chi connectivity index (χ2v) is 22.8. The Morgan fingerprint density at radius 3 is 1.30 bits per heavy atom. The molecule has 0 fully saturated rings. The average Bonchev–Trinajstić information content (AvgIpc) is 1.98. The summed E-state index contributed by atoms with van der Waals surface area (Å²) in [6.07, 6.45) is 18.8. The minimum absolute atomic E-state index is 0.175. The van der Waals surface area contributed by atoms with E-state index in [2.05, 4.69) is 291 Å². The van der Waals surface area contributed by atoms with Gasteiger partial charge in [-0.25, -0.2) is 0 Å². The van der Waals surface area contributed by atoms with Gasteiger partial charge in [0.15, 0.2) is 0 Å². The topological polar surface area (TPSA) is 43.5 Å². The monoisotopic (exact) mass is 1070 g/mol. The minimum Gasteiger partial charge on any atom is -0.307 e. The van der Waals surface area contributed by atoms with Gasteiger partial charge in [-0.2, -0.15) is 5.26 Å². The van der Waals surface area contributed by atoms with Crippen molar-refractivity contribution in [3.8, 4) is 62.2 Å². The molecule has 0 radical (unpaired) electrons. The fraction of sp³-hybridized carbons (Fsp3) is 0.0759. The molecule has 10 aromatic carbocycles. The van der Waals surface area contributed by atoms with Crippen LogP contribution >= 0.6 is 0 Å². The molecule has 5 nitrogen and oxygen atoms in total. The zero-order valence-electron chi connectivity index (χ0n) is 46.3. The average molecular weight is 1070 g/mol. The molecule has 0 amide bonds. The maximum atomic E-state index is 12.9. The van der Waals surface area contributed by atoms with Crippen LogP contribution in [-0.4, -0.2) is 18.3 Å². The quantitative estimate of drug-likeness (QED) is 0.150. The van der Waals surface area contributed by atoms with E-state index in [9.17, 15) is 5.26 Å². The van der Waals surface area contributed by atoms with E-state index in [4.69, 9.17) is 0 Å². The second-order valence-electron chi connectivity index (χ2n) is 22.8. The molecule has 3 aliphatic carbocycles. The lowest BCUT2D eigenvalue weighted by molar-refractivity contribution is 0.824. The first-order valence-corrected chi connectivity index (χ1v) is 29.5. The number of hydrogen-bond donors (Lipinski definition) is 0. The fourth-order valence-corrected chi connectivity index (χ4v) is 14.6. The van der Waals surface area contributed by atoms with Gasteiger partial charge in [0.2, 0.25) is 0 Å². The Morgan fingerprint density at radius 2 is 0.774 bits per heavy atom. The second kappa shape index (κ2) is 19.2. The summed E-state index contributed by atoms with van der Waals surface area (Å²) in [6.45, 7) is 0. The summed E-state index contributed by atoms with van der Waals surface area (Å²) in [5.74, 6) is 0.175. The van der Waals surface area contributed by atoms with Gasteiger partial charge in [-0.3, -0.25) is 0 Å². The first-order valence-electron chi connectivity index (χ1n) is 29.5. The third-order valence-corrected chi connectivity index (χ3v) is 18.3. The molecule has 14 aromatic rings. The number of para-hydroxylation sites is 2. The normalized spacial score (nSPS) is 14.4. The zero-order valence-corrected chi connectivity index (χ0v) is 46.3. The van der Waals surface area contributed by atoms with Crippen LogP contribution in [-0.2, 0) is 19.3 Å². The highest BCUT2D eigenvalue weighted by Crippen LogP contribution is 2.49. The Morgan fingerprint density at radius 1 is 0.345 bits per heavy atom. The molecule has 0 aliphatic heterocycles. The predicted octanol–water partition coefficient (Wildman–Crippen LogP) is 19.8. The third kappa shape index (κ3) is 7.33. The zero-order chi connectivity index (χ0) is 55.4. The van der Waals surface area contributed by atoms with Crippen molar-refractivity contribution >= 4 is 72.7 Å². The smallest absolute Gasteiger partial charge is 0.104 e. The minimum atomic E-state index is 0.175. The van der Waals surface area contributed by atoms with Crippen LogP contribution in [0.2, 0.25) is 0 Å². The maximum Gasteiger partial charge on any atom is 0.104 e. The number of rotatable bonds is 8. The van der Waals surface area contributed by atoms with Crippen LogP contribution in [0.3, 0.4) is 0 Å². The summed E-state index contributed by atoms with van der Waals surface area (Å²) in [6, 6.07) is 87.3. The predicted molar refractivity (Wildman–Crippen MR) is 349 cm³/mol. The molecule has 3 aliphatic rings. The van der Waals surface area contributed by atoms with Crippen molar-refractivity contribution in [2.24, 2.45) is 0 Å². The SMILES string of the molecule is N#Cc1c(-n2c3c(c4c2C=CCC4)CCC=C3)c(-n2c3ccc(-c4ccccc4)cc3c3cc(-c4ccccc4)ccc32)cc(-n2c3c(c4cc(-c5ccccc5)ccc42)CC(c2ccccc2)C=C3)c1-n1c2ccccc2c2ccccc21. The van der Waals surface area contributed by atoms with Crippen LogP contribution in [0.25, 0.3) is 129 Å². The molecule has 4 aromatic heterocycles. The number of aromatic nitrogens is 4. The van der Waals surface area contributed by atoms with E-state index in [-0.39, 0.29) is 5.92 Å². The summed E-state index contributed by atoms with van der Waals surface area (Å²) < 4.78 is 9.91. The van der Waals surface area contributed by atoms with Crippen LogP contribution in [0.1, 0.15) is 63.7 Å². The van der Waals surface area contributed by atoms with Crippen molar-refractivity contribution < 1.29 is 0 Å². The summed E-state index contributed by atoms with van der Waals surface area (Å²) in [5.41, 5.74) is 25.2. The summed E-state index contributed by atoms with van der Waals surface area (Å²) in [4.78, 5) is 0. The van der Waals surface area contributed by atoms with Gasteiger partial charge in [-0.15, -0.1) is 0 Å². The number of allylic oxidation sites excluding steroid dienone is 3. The number of hydrogen-bond acceptors (Lipinski definition) is 1. The number of nitriles is 1. The molecular formula is C79H55N5. The van der Waals surface area contributed by atoms with Gasteiger partial charge >= 0.3 is 0 Å². The standard InChI is InChI=1S/C79H55N5/c80-50-67-78(83-68-33-17-13-29-59(68)60-30-14-18-34-69(60)83)76(81-72-41-37-55(51-21-5-1-6-22-51)45-63(72)64-46-56(38-42-73(64)81)52-23-7-2-8-24-52)49-77(79(67)84-70-35-19-15-31-61(70)62-32-16-20-36-71(62)84)82-74-43-39-57(53-25-9-3-10-26-53)47-65(74)66-48-58(40-44-75(66)82)54-27-11-4-12-28-54/h1-14,17-30,33-45,47-49,56H,15-16,31-32,46H2. The van der Waals surface area contributed by atoms with E-state index in [1.54, 1.807) is 0 Å². The molecule has 0 bridgehead atoms. The summed E-state index contributed by atoms with van der Waals surface area (Å²) in [7, 11) is 0. The molecule has 0 saturated heterocycles. The highest BCUT2D eigenvalue weighted by Gasteiger charge is 2.34. The van der Waals surface area contributed by atoms with Gasteiger partial charge in [-0.05, 0) is 161 Å². The van der Waals surface area contributed by atoms with Crippen molar-refractivity contribution in [2.75, 3.05) is 0 Å². The van der Waals surface area contributed by atoms with Crippen LogP contribution in [0.5, 0.6) is 0 Å². The van der Waals surface area contributed by atoms with Crippen LogP contribution in [0.4, 0.5) is 0 Å². The van der Waals surface area contributed by atoms with E-state index in [0.29, 0.717) is 5.56 Å². The van der Waals surface area contributed by atoms with Crippen molar-refractivity contribution in [2.45, 2.75) is 38.0 Å². The Bertz CT molecular complexity index is 4960. The van der Waals surface area contributed by atoms with E-state index >= 15 is 0 Å². The van der Waals surface area contributed by atoms with Gasteiger partial charge in [-0.1, -0.05) is 194 Å². The Kier molecular flexibility index (Phi) is 11.0. The largest absolute Gasteiger partial charge is 0.307 e. The Hall–Kier alpha value is -10.7. The lowest BCUT2D eigenvalue weighted by Gasteiger charge is -2.27. The first kappa shape index (κ1) is 48.1.